The summed E-state index contributed by atoms with van der Waals surface area (Å²) >= 11 is 0. The number of methoxy groups -OCH3 is 1. The number of ether oxygens (including phenoxy) is 1. The number of nitrogens with one attached hydrogen (secondary N) is 2. The fourth-order valence-electron chi connectivity index (χ4n) is 4.68. The summed E-state index contributed by atoms with van der Waals surface area (Å²) in [7, 11) is 5.93. The van der Waals surface area contributed by atoms with E-state index in [1.165, 1.54) is 44.2 Å². The van der Waals surface area contributed by atoms with E-state index < -0.39 is 0 Å². The van der Waals surface area contributed by atoms with Crippen LogP contribution in [0.25, 0.3) is 0 Å². The van der Waals surface area contributed by atoms with Gasteiger partial charge in [-0.05, 0) is 46.3 Å². The number of para-hydroxylation sites is 1. The first-order valence-electron chi connectivity index (χ1n) is 11.2. The van der Waals surface area contributed by atoms with E-state index >= 15 is 0 Å². The van der Waals surface area contributed by atoms with E-state index in [1.807, 2.05) is 12.1 Å². The van der Waals surface area contributed by atoms with Crippen molar-refractivity contribution in [3.05, 3.63) is 29.8 Å². The summed E-state index contributed by atoms with van der Waals surface area (Å²) in [6.45, 7) is 6.02. The fraction of sp³-hybridized carbons (Fsp3) is 0.696. The maximum Gasteiger partial charge on any atom is 0.191 e. The maximum atomic E-state index is 5.59. The second-order valence-electron chi connectivity index (χ2n) is 8.50. The summed E-state index contributed by atoms with van der Waals surface area (Å²) < 4.78 is 5.59. The molecule has 1 heterocycles. The van der Waals surface area contributed by atoms with Crippen molar-refractivity contribution in [2.75, 3.05) is 47.4 Å². The molecule has 0 spiro atoms. The zero-order valence-corrected chi connectivity index (χ0v) is 21.4. The number of guanidine groups is 1. The van der Waals surface area contributed by atoms with Crippen molar-refractivity contribution in [2.45, 2.75) is 57.2 Å². The molecule has 6 nitrogen and oxygen atoms in total. The second-order valence-corrected chi connectivity index (χ2v) is 8.50. The average molecular weight is 530 g/mol. The number of rotatable bonds is 8. The number of nitrogens with zero attached hydrogens (tertiary/aromatic N) is 3. The fourth-order valence-corrected chi connectivity index (χ4v) is 4.68. The predicted octanol–water partition coefficient (Wildman–Crippen LogP) is 3.49. The molecule has 2 N–H and O–H groups in total. The van der Waals surface area contributed by atoms with Gasteiger partial charge < -0.3 is 20.3 Å². The molecule has 0 radical (unpaired) electrons. The van der Waals surface area contributed by atoms with Crippen molar-refractivity contribution in [3.63, 3.8) is 0 Å². The highest BCUT2D eigenvalue weighted by Gasteiger charge is 2.30. The van der Waals surface area contributed by atoms with Gasteiger partial charge in [0.2, 0.25) is 0 Å². The smallest absolute Gasteiger partial charge is 0.191 e. The van der Waals surface area contributed by atoms with Crippen LogP contribution in [0, 0.1) is 0 Å². The minimum Gasteiger partial charge on any atom is -0.496 e. The quantitative estimate of drug-likeness (QED) is 0.307. The number of likely N-dealkylation sites (N-methyl/N-ethyl adjacent to an activating group) is 1. The van der Waals surface area contributed by atoms with Crippen molar-refractivity contribution < 1.29 is 4.74 Å². The summed E-state index contributed by atoms with van der Waals surface area (Å²) in [4.78, 5) is 9.85. The van der Waals surface area contributed by atoms with Gasteiger partial charge in [-0.1, -0.05) is 31.0 Å². The first-order valence-corrected chi connectivity index (χ1v) is 11.2. The Kier molecular flexibility index (Phi) is 10.7. The van der Waals surface area contributed by atoms with Crippen LogP contribution in [0.15, 0.2) is 29.3 Å². The summed E-state index contributed by atoms with van der Waals surface area (Å²) in [6.07, 6.45) is 6.76. The van der Waals surface area contributed by atoms with Crippen LogP contribution in [0.2, 0.25) is 0 Å². The van der Waals surface area contributed by atoms with Gasteiger partial charge in [-0.3, -0.25) is 9.89 Å². The lowest BCUT2D eigenvalue weighted by Crippen LogP contribution is -2.45. The number of aliphatic imine (C=N–C) groups is 1. The topological polar surface area (TPSA) is 52.1 Å². The number of halogens is 1. The van der Waals surface area contributed by atoms with Crippen LogP contribution in [0.3, 0.4) is 0 Å². The molecule has 30 heavy (non-hydrogen) atoms. The Labute approximate surface area is 199 Å². The summed E-state index contributed by atoms with van der Waals surface area (Å²) in [6, 6.07) is 9.70. The molecule has 3 rings (SSSR count). The lowest BCUT2D eigenvalue weighted by Gasteiger charge is -2.26. The molecule has 170 valence electrons. The van der Waals surface area contributed by atoms with Crippen molar-refractivity contribution in [1.82, 2.24) is 20.4 Å². The molecule has 1 aromatic carbocycles. The minimum absolute atomic E-state index is 0. The van der Waals surface area contributed by atoms with E-state index in [0.29, 0.717) is 12.6 Å². The zero-order valence-electron chi connectivity index (χ0n) is 19.1. The van der Waals surface area contributed by atoms with E-state index in [9.17, 15) is 0 Å². The van der Waals surface area contributed by atoms with Gasteiger partial charge in [0.05, 0.1) is 19.7 Å². The third kappa shape index (κ3) is 6.72. The standard InChI is InChI=1S/C23H39N5O.HI/c1-5-24-23(26-18-14-15-28(17-18)19-10-6-7-11-19)25-16-21(27(2)3)20-12-8-9-13-22(20)29-4;/h8-9,12-13,18-19,21H,5-7,10-11,14-17H2,1-4H3,(H2,24,25,26);1H. The van der Waals surface area contributed by atoms with E-state index in [0.717, 1.165) is 30.8 Å². The molecular weight excluding hydrogens is 489 g/mol. The molecule has 0 aromatic heterocycles. The predicted molar refractivity (Wildman–Crippen MR) is 136 cm³/mol. The van der Waals surface area contributed by atoms with Crippen LogP contribution < -0.4 is 15.4 Å². The maximum absolute atomic E-state index is 5.59. The van der Waals surface area contributed by atoms with Crippen LogP contribution in [0.5, 0.6) is 5.75 Å². The highest BCUT2D eigenvalue weighted by molar-refractivity contribution is 14.0. The molecule has 1 saturated carbocycles. The van der Waals surface area contributed by atoms with Crippen molar-refractivity contribution >= 4 is 29.9 Å². The Morgan fingerprint density at radius 3 is 2.63 bits per heavy atom. The Hall–Kier alpha value is -1.06. The Morgan fingerprint density at radius 2 is 1.97 bits per heavy atom. The normalized spacial score (nSPS) is 21.5. The average Bonchev–Trinajstić information content (AvgIpc) is 3.40. The van der Waals surface area contributed by atoms with Gasteiger partial charge in [-0.25, -0.2) is 0 Å². The van der Waals surface area contributed by atoms with Gasteiger partial charge in [0.15, 0.2) is 5.96 Å². The summed E-state index contributed by atoms with van der Waals surface area (Å²) in [5, 5.41) is 7.13. The molecule has 0 amide bonds. The Morgan fingerprint density at radius 1 is 1.23 bits per heavy atom. The highest BCUT2D eigenvalue weighted by atomic mass is 127. The molecule has 1 saturated heterocycles. The summed E-state index contributed by atoms with van der Waals surface area (Å²) in [5.41, 5.74) is 1.17. The first-order chi connectivity index (χ1) is 14.1. The summed E-state index contributed by atoms with van der Waals surface area (Å²) in [5.74, 6) is 1.84. The molecule has 0 bridgehead atoms. The Bertz CT molecular complexity index is 663. The van der Waals surface area contributed by atoms with E-state index in [1.54, 1.807) is 7.11 Å². The van der Waals surface area contributed by atoms with E-state index in [2.05, 4.69) is 53.6 Å². The van der Waals surface area contributed by atoms with Gasteiger partial charge in [0.1, 0.15) is 5.75 Å². The third-order valence-corrected chi connectivity index (χ3v) is 6.29. The molecule has 2 unspecified atom stereocenters. The molecule has 1 aromatic rings. The number of hydrogen-bond donors (Lipinski definition) is 2. The second kappa shape index (κ2) is 12.7. The van der Waals surface area contributed by atoms with Crippen molar-refractivity contribution in [3.8, 4) is 5.75 Å². The SMILES string of the molecule is CCNC(=NCC(c1ccccc1OC)N(C)C)NC1CCN(C2CCCC2)C1.I. The minimum atomic E-state index is 0. The number of likely N-dealkylation sites (tertiary alicyclic amines) is 1. The Balaban J connectivity index is 0.00000320. The highest BCUT2D eigenvalue weighted by Crippen LogP contribution is 2.28. The third-order valence-electron chi connectivity index (χ3n) is 6.29. The van der Waals surface area contributed by atoms with Crippen molar-refractivity contribution in [2.24, 2.45) is 4.99 Å². The molecular formula is C23H40IN5O. The van der Waals surface area contributed by atoms with Gasteiger partial charge >= 0.3 is 0 Å². The van der Waals surface area contributed by atoms with Crippen LogP contribution in [-0.2, 0) is 0 Å². The number of benzene rings is 1. The molecule has 1 aliphatic heterocycles. The molecule has 2 aliphatic rings. The van der Waals surface area contributed by atoms with Crippen LogP contribution in [0.1, 0.15) is 50.6 Å². The van der Waals surface area contributed by atoms with Gasteiger partial charge in [0.25, 0.3) is 0 Å². The molecule has 2 fully saturated rings. The van der Waals surface area contributed by atoms with Gasteiger partial charge in [-0.2, -0.15) is 0 Å². The first kappa shape index (κ1) is 25.2. The monoisotopic (exact) mass is 529 g/mol. The molecule has 2 atom stereocenters. The van der Waals surface area contributed by atoms with E-state index in [-0.39, 0.29) is 30.0 Å². The van der Waals surface area contributed by atoms with Crippen LogP contribution in [-0.4, -0.2) is 75.2 Å². The van der Waals surface area contributed by atoms with E-state index in [4.69, 9.17) is 9.73 Å². The van der Waals surface area contributed by atoms with Crippen molar-refractivity contribution in [1.29, 1.82) is 0 Å². The molecule has 1 aliphatic carbocycles. The lowest BCUT2D eigenvalue weighted by atomic mass is 10.0. The number of hydrogen-bond acceptors (Lipinski definition) is 4. The van der Waals surface area contributed by atoms with Crippen LogP contribution in [0.4, 0.5) is 0 Å². The largest absolute Gasteiger partial charge is 0.496 e. The van der Waals surface area contributed by atoms with Crippen LogP contribution >= 0.6 is 24.0 Å². The van der Waals surface area contributed by atoms with Gasteiger partial charge in [-0.15, -0.1) is 24.0 Å². The van der Waals surface area contributed by atoms with Gasteiger partial charge in [0, 0.05) is 37.3 Å². The lowest BCUT2D eigenvalue weighted by molar-refractivity contribution is 0.242. The molecule has 7 heteroatoms. The zero-order chi connectivity index (χ0) is 20.6.